The SMILES string of the molecule is COc1ccc(C2OC(OC=O)C(C3CC3)N2C(=O)OC(C)(C)C)cc1. The van der Waals surface area contributed by atoms with Crippen molar-refractivity contribution < 1.29 is 28.5 Å². The summed E-state index contributed by atoms with van der Waals surface area (Å²) >= 11 is 0. The maximum absolute atomic E-state index is 12.9. The molecule has 1 aliphatic carbocycles. The van der Waals surface area contributed by atoms with E-state index in [-0.39, 0.29) is 12.0 Å². The number of carbonyl (C=O) groups excluding carboxylic acids is 2. The van der Waals surface area contributed by atoms with E-state index in [0.29, 0.717) is 12.2 Å². The van der Waals surface area contributed by atoms with E-state index in [0.717, 1.165) is 18.4 Å². The number of ether oxygens (including phenoxy) is 4. The second-order valence-corrected chi connectivity index (χ2v) is 7.58. The van der Waals surface area contributed by atoms with Gasteiger partial charge in [-0.2, -0.15) is 0 Å². The quantitative estimate of drug-likeness (QED) is 0.748. The van der Waals surface area contributed by atoms with Crippen molar-refractivity contribution in [1.82, 2.24) is 4.90 Å². The van der Waals surface area contributed by atoms with Gasteiger partial charge in [0.15, 0.2) is 6.23 Å². The van der Waals surface area contributed by atoms with Crippen molar-refractivity contribution in [1.29, 1.82) is 0 Å². The first-order chi connectivity index (χ1) is 12.3. The molecule has 2 aliphatic rings. The van der Waals surface area contributed by atoms with Gasteiger partial charge in [0.2, 0.25) is 6.29 Å². The van der Waals surface area contributed by atoms with Crippen LogP contribution in [0.15, 0.2) is 24.3 Å². The summed E-state index contributed by atoms with van der Waals surface area (Å²) in [4.78, 5) is 25.4. The van der Waals surface area contributed by atoms with E-state index < -0.39 is 24.2 Å². The molecule has 7 heteroatoms. The van der Waals surface area contributed by atoms with Crippen molar-refractivity contribution in [2.45, 2.75) is 57.8 Å². The summed E-state index contributed by atoms with van der Waals surface area (Å²) in [7, 11) is 1.59. The third-order valence-electron chi connectivity index (χ3n) is 4.42. The Bertz CT molecular complexity index is 649. The first-order valence-electron chi connectivity index (χ1n) is 8.74. The molecular formula is C19H25NO6. The molecule has 3 atom stereocenters. The lowest BCUT2D eigenvalue weighted by Gasteiger charge is -2.31. The zero-order valence-electron chi connectivity index (χ0n) is 15.5. The molecule has 7 nitrogen and oxygen atoms in total. The van der Waals surface area contributed by atoms with Crippen molar-refractivity contribution >= 4 is 12.6 Å². The molecule has 0 radical (unpaired) electrons. The summed E-state index contributed by atoms with van der Waals surface area (Å²) in [5, 5.41) is 0. The van der Waals surface area contributed by atoms with Crippen LogP contribution in [0.3, 0.4) is 0 Å². The van der Waals surface area contributed by atoms with Gasteiger partial charge in [0.05, 0.1) is 7.11 Å². The predicted molar refractivity (Wildman–Crippen MR) is 92.3 cm³/mol. The molecule has 2 fully saturated rings. The molecule has 1 aromatic rings. The summed E-state index contributed by atoms with van der Waals surface area (Å²) in [5.41, 5.74) is 0.124. The van der Waals surface area contributed by atoms with Gasteiger partial charge in [0.25, 0.3) is 6.47 Å². The van der Waals surface area contributed by atoms with Crippen LogP contribution < -0.4 is 4.74 Å². The van der Waals surface area contributed by atoms with Gasteiger partial charge in [-0.25, -0.2) is 4.79 Å². The van der Waals surface area contributed by atoms with Crippen LogP contribution in [0.25, 0.3) is 0 Å². The number of nitrogens with zero attached hydrogens (tertiary/aromatic N) is 1. The molecule has 0 spiro atoms. The predicted octanol–water partition coefficient (Wildman–Crippen LogP) is 3.24. The molecule has 142 valence electrons. The smallest absolute Gasteiger partial charge is 0.413 e. The first kappa shape index (κ1) is 18.5. The van der Waals surface area contributed by atoms with Crippen LogP contribution in [0.4, 0.5) is 4.79 Å². The van der Waals surface area contributed by atoms with E-state index >= 15 is 0 Å². The van der Waals surface area contributed by atoms with Gasteiger partial charge >= 0.3 is 6.09 Å². The Morgan fingerprint density at radius 1 is 1.23 bits per heavy atom. The minimum absolute atomic E-state index is 0.232. The number of rotatable bonds is 5. The van der Waals surface area contributed by atoms with Crippen molar-refractivity contribution in [2.24, 2.45) is 5.92 Å². The van der Waals surface area contributed by atoms with E-state index in [2.05, 4.69) is 0 Å². The fraction of sp³-hybridized carbons (Fsp3) is 0.579. The molecule has 1 aromatic carbocycles. The molecule has 3 rings (SSSR count). The van der Waals surface area contributed by atoms with Gasteiger partial charge in [-0.3, -0.25) is 9.69 Å². The van der Waals surface area contributed by atoms with Crippen molar-refractivity contribution in [2.75, 3.05) is 7.11 Å². The largest absolute Gasteiger partial charge is 0.497 e. The molecule has 0 aromatic heterocycles. The number of methoxy groups -OCH3 is 1. The lowest BCUT2D eigenvalue weighted by Crippen LogP contribution is -2.45. The Balaban J connectivity index is 1.93. The highest BCUT2D eigenvalue weighted by atomic mass is 16.7. The second kappa shape index (κ2) is 7.15. The van der Waals surface area contributed by atoms with Gasteiger partial charge in [-0.05, 0) is 51.7 Å². The fourth-order valence-electron chi connectivity index (χ4n) is 3.15. The van der Waals surface area contributed by atoms with E-state index in [9.17, 15) is 9.59 Å². The Hall–Kier alpha value is -2.28. The highest BCUT2D eigenvalue weighted by Gasteiger charge is 2.54. The lowest BCUT2D eigenvalue weighted by atomic mass is 10.1. The third kappa shape index (κ3) is 3.93. The number of hydrogen-bond acceptors (Lipinski definition) is 6. The summed E-state index contributed by atoms with van der Waals surface area (Å²) < 4.78 is 21.9. The van der Waals surface area contributed by atoms with Gasteiger partial charge in [-0.1, -0.05) is 12.1 Å². The van der Waals surface area contributed by atoms with Gasteiger partial charge in [0, 0.05) is 5.56 Å². The van der Waals surface area contributed by atoms with Crippen LogP contribution in [-0.4, -0.2) is 42.5 Å². The second-order valence-electron chi connectivity index (χ2n) is 7.58. The molecule has 0 N–H and O–H groups in total. The maximum atomic E-state index is 12.9. The van der Waals surface area contributed by atoms with Crippen molar-refractivity contribution in [3.05, 3.63) is 29.8 Å². The molecular weight excluding hydrogens is 338 g/mol. The standard InChI is InChI=1S/C19H25NO6/c1-19(2,3)26-18(22)20-15(12-5-6-12)17(24-11-21)25-16(20)13-7-9-14(23-4)10-8-13/h7-12,15-17H,5-6H2,1-4H3. The van der Waals surface area contributed by atoms with Crippen LogP contribution in [0, 0.1) is 5.92 Å². The number of hydrogen-bond donors (Lipinski definition) is 0. The minimum atomic E-state index is -0.806. The average molecular weight is 363 g/mol. The maximum Gasteiger partial charge on any atom is 0.413 e. The topological polar surface area (TPSA) is 74.3 Å². The van der Waals surface area contributed by atoms with Gasteiger partial charge in [-0.15, -0.1) is 0 Å². The van der Waals surface area contributed by atoms with E-state index in [1.54, 1.807) is 24.1 Å². The number of carbonyl (C=O) groups is 2. The summed E-state index contributed by atoms with van der Waals surface area (Å²) in [6.07, 6.45) is -0.0545. The summed E-state index contributed by atoms with van der Waals surface area (Å²) in [6.45, 7) is 5.81. The molecule has 1 amide bonds. The molecule has 26 heavy (non-hydrogen) atoms. The summed E-state index contributed by atoms with van der Waals surface area (Å²) in [5.74, 6) is 0.936. The number of amides is 1. The van der Waals surface area contributed by atoms with E-state index in [1.807, 2.05) is 32.9 Å². The Morgan fingerprint density at radius 3 is 2.38 bits per heavy atom. The number of benzene rings is 1. The minimum Gasteiger partial charge on any atom is -0.497 e. The Kier molecular flexibility index (Phi) is 5.09. The zero-order chi connectivity index (χ0) is 18.9. The van der Waals surface area contributed by atoms with E-state index in [4.69, 9.17) is 18.9 Å². The van der Waals surface area contributed by atoms with Crippen LogP contribution in [0.1, 0.15) is 45.4 Å². The van der Waals surface area contributed by atoms with Gasteiger partial charge < -0.3 is 18.9 Å². The summed E-state index contributed by atoms with van der Waals surface area (Å²) in [6, 6.07) is 6.89. The highest BCUT2D eigenvalue weighted by molar-refractivity contribution is 5.70. The Labute approximate surface area is 153 Å². The van der Waals surface area contributed by atoms with Gasteiger partial charge in [0.1, 0.15) is 17.4 Å². The normalized spacial score (nSPS) is 25.7. The average Bonchev–Trinajstić information content (AvgIpc) is 3.35. The first-order valence-corrected chi connectivity index (χ1v) is 8.74. The Morgan fingerprint density at radius 2 is 1.88 bits per heavy atom. The molecule has 1 saturated heterocycles. The monoisotopic (exact) mass is 363 g/mol. The van der Waals surface area contributed by atoms with E-state index in [1.165, 1.54) is 0 Å². The third-order valence-corrected chi connectivity index (χ3v) is 4.42. The van der Waals surface area contributed by atoms with Crippen LogP contribution >= 0.6 is 0 Å². The molecule has 3 unspecified atom stereocenters. The van der Waals surface area contributed by atoms with Crippen LogP contribution in [-0.2, 0) is 19.0 Å². The molecule has 1 aliphatic heterocycles. The zero-order valence-corrected chi connectivity index (χ0v) is 15.5. The molecule has 0 bridgehead atoms. The van der Waals surface area contributed by atoms with Crippen LogP contribution in [0.2, 0.25) is 0 Å². The lowest BCUT2D eigenvalue weighted by molar-refractivity contribution is -0.163. The molecule has 1 heterocycles. The van der Waals surface area contributed by atoms with Crippen molar-refractivity contribution in [3.63, 3.8) is 0 Å². The van der Waals surface area contributed by atoms with Crippen LogP contribution in [0.5, 0.6) is 5.75 Å². The highest BCUT2D eigenvalue weighted by Crippen LogP contribution is 2.46. The molecule has 1 saturated carbocycles. The fourth-order valence-corrected chi connectivity index (χ4v) is 3.15. The van der Waals surface area contributed by atoms with Crippen molar-refractivity contribution in [3.8, 4) is 5.75 Å².